The third-order valence-corrected chi connectivity index (χ3v) is 2.98. The van der Waals surface area contributed by atoms with Crippen molar-refractivity contribution in [3.05, 3.63) is 0 Å². The van der Waals surface area contributed by atoms with Crippen molar-refractivity contribution in [3.63, 3.8) is 0 Å². The summed E-state index contributed by atoms with van der Waals surface area (Å²) >= 11 is 0. The molecule has 0 saturated carbocycles. The Hall–Kier alpha value is -0.890. The maximum absolute atomic E-state index is 12.0. The first-order chi connectivity index (χ1) is 8.22. The summed E-state index contributed by atoms with van der Waals surface area (Å²) in [5.74, 6) is 0. The molecule has 1 saturated heterocycles. The SMILES string of the molecule is CNN(CCN1CCCC1)C(=O)N(NC)NC. The van der Waals surface area contributed by atoms with Crippen LogP contribution >= 0.6 is 0 Å². The first-order valence-electron chi connectivity index (χ1n) is 6.09. The highest BCUT2D eigenvalue weighted by molar-refractivity contribution is 5.72. The molecule has 3 N–H and O–H groups in total. The van der Waals surface area contributed by atoms with Crippen LogP contribution in [0.3, 0.4) is 0 Å². The standard InChI is InChI=1S/C10H24N6O/c1-11-15(10(17)16(12-2)13-3)9-8-14-6-4-5-7-14/h11-13H,4-9H2,1-3H3. The van der Waals surface area contributed by atoms with E-state index in [0.29, 0.717) is 6.54 Å². The van der Waals surface area contributed by atoms with Crippen LogP contribution in [0, 0.1) is 0 Å². The molecule has 0 unspecified atom stereocenters. The van der Waals surface area contributed by atoms with Crippen molar-refractivity contribution in [1.29, 1.82) is 0 Å². The van der Waals surface area contributed by atoms with Crippen molar-refractivity contribution >= 4 is 6.03 Å². The van der Waals surface area contributed by atoms with E-state index in [2.05, 4.69) is 21.2 Å². The lowest BCUT2D eigenvalue weighted by atomic mass is 10.4. The van der Waals surface area contributed by atoms with Crippen molar-refractivity contribution in [1.82, 2.24) is 31.3 Å². The molecule has 0 aromatic rings. The Kier molecular flexibility index (Phi) is 6.20. The van der Waals surface area contributed by atoms with Gasteiger partial charge in [0.25, 0.3) is 0 Å². The first kappa shape index (κ1) is 14.2. The Morgan fingerprint density at radius 2 is 1.71 bits per heavy atom. The summed E-state index contributed by atoms with van der Waals surface area (Å²) in [5.41, 5.74) is 8.45. The van der Waals surface area contributed by atoms with E-state index in [-0.39, 0.29) is 6.03 Å². The van der Waals surface area contributed by atoms with Gasteiger partial charge in [-0.2, -0.15) is 5.12 Å². The summed E-state index contributed by atoms with van der Waals surface area (Å²) in [5, 5.41) is 2.92. The molecule has 0 spiro atoms. The van der Waals surface area contributed by atoms with Gasteiger partial charge in [0, 0.05) is 27.7 Å². The molecule has 0 aromatic heterocycles. The summed E-state index contributed by atoms with van der Waals surface area (Å²) in [4.78, 5) is 14.4. The van der Waals surface area contributed by atoms with Gasteiger partial charge in [-0.05, 0) is 25.9 Å². The van der Waals surface area contributed by atoms with Crippen LogP contribution in [0.2, 0.25) is 0 Å². The number of hydrogen-bond acceptors (Lipinski definition) is 5. The van der Waals surface area contributed by atoms with E-state index in [1.54, 1.807) is 26.2 Å². The predicted octanol–water partition coefficient (Wildman–Crippen LogP) is -0.791. The van der Waals surface area contributed by atoms with Gasteiger partial charge in [0.1, 0.15) is 0 Å². The lowest BCUT2D eigenvalue weighted by molar-refractivity contribution is 0.0921. The van der Waals surface area contributed by atoms with E-state index in [4.69, 9.17) is 0 Å². The zero-order chi connectivity index (χ0) is 12.7. The summed E-state index contributed by atoms with van der Waals surface area (Å²) in [6, 6.07) is -0.142. The van der Waals surface area contributed by atoms with Gasteiger partial charge >= 0.3 is 6.03 Å². The minimum Gasteiger partial charge on any atom is -0.302 e. The number of rotatable bonds is 6. The minimum atomic E-state index is -0.142. The normalized spacial score (nSPS) is 16.2. The number of urea groups is 1. The number of nitrogens with one attached hydrogen (secondary N) is 3. The summed E-state index contributed by atoms with van der Waals surface area (Å²) < 4.78 is 0. The van der Waals surface area contributed by atoms with Crippen LogP contribution < -0.4 is 16.3 Å². The van der Waals surface area contributed by atoms with E-state index >= 15 is 0 Å². The van der Waals surface area contributed by atoms with Crippen LogP contribution in [0.5, 0.6) is 0 Å². The Morgan fingerprint density at radius 3 is 2.18 bits per heavy atom. The molecule has 1 fully saturated rings. The highest BCUT2D eigenvalue weighted by Gasteiger charge is 2.19. The Balaban J connectivity index is 2.37. The number of carbonyl (C=O) groups is 1. The average Bonchev–Trinajstić information content (AvgIpc) is 2.84. The molecular weight excluding hydrogens is 220 g/mol. The molecule has 0 bridgehead atoms. The van der Waals surface area contributed by atoms with Crippen LogP contribution in [0.25, 0.3) is 0 Å². The van der Waals surface area contributed by atoms with Crippen molar-refractivity contribution in [2.24, 2.45) is 0 Å². The first-order valence-corrected chi connectivity index (χ1v) is 6.09. The smallest absolute Gasteiger partial charge is 0.302 e. The van der Waals surface area contributed by atoms with Crippen molar-refractivity contribution in [3.8, 4) is 0 Å². The van der Waals surface area contributed by atoms with Crippen LogP contribution in [0.1, 0.15) is 12.8 Å². The quantitative estimate of drug-likeness (QED) is 0.535. The van der Waals surface area contributed by atoms with Gasteiger partial charge in [-0.25, -0.2) is 21.1 Å². The number of amides is 2. The second-order valence-corrected chi connectivity index (χ2v) is 3.99. The molecule has 0 radical (unpaired) electrons. The van der Waals surface area contributed by atoms with E-state index in [1.165, 1.54) is 18.0 Å². The number of hydrogen-bond donors (Lipinski definition) is 3. The summed E-state index contributed by atoms with van der Waals surface area (Å²) in [7, 11) is 5.15. The Bertz CT molecular complexity index is 227. The molecule has 2 amide bonds. The second-order valence-electron chi connectivity index (χ2n) is 3.99. The molecule has 1 heterocycles. The van der Waals surface area contributed by atoms with E-state index in [9.17, 15) is 4.79 Å². The molecule has 7 heteroatoms. The Labute approximate surface area is 103 Å². The molecule has 0 aliphatic carbocycles. The van der Waals surface area contributed by atoms with Gasteiger partial charge in [-0.3, -0.25) is 5.01 Å². The van der Waals surface area contributed by atoms with Gasteiger partial charge in [0.2, 0.25) is 0 Å². The van der Waals surface area contributed by atoms with Gasteiger partial charge in [-0.15, -0.1) is 0 Å². The largest absolute Gasteiger partial charge is 0.363 e. The van der Waals surface area contributed by atoms with Gasteiger partial charge in [0.15, 0.2) is 0 Å². The average molecular weight is 244 g/mol. The van der Waals surface area contributed by atoms with Gasteiger partial charge < -0.3 is 4.90 Å². The molecule has 0 atom stereocenters. The number of nitrogens with zero attached hydrogens (tertiary/aromatic N) is 3. The van der Waals surface area contributed by atoms with E-state index in [1.807, 2.05) is 0 Å². The molecule has 7 nitrogen and oxygen atoms in total. The van der Waals surface area contributed by atoms with Crippen LogP contribution in [0.4, 0.5) is 4.79 Å². The molecule has 1 rings (SSSR count). The van der Waals surface area contributed by atoms with Crippen LogP contribution in [-0.2, 0) is 0 Å². The lowest BCUT2D eigenvalue weighted by Crippen LogP contribution is -2.58. The van der Waals surface area contributed by atoms with Crippen molar-refractivity contribution in [2.75, 3.05) is 47.3 Å². The summed E-state index contributed by atoms with van der Waals surface area (Å²) in [6.45, 7) is 3.88. The van der Waals surface area contributed by atoms with Crippen molar-refractivity contribution < 1.29 is 4.79 Å². The van der Waals surface area contributed by atoms with E-state index < -0.39 is 0 Å². The minimum absolute atomic E-state index is 0.142. The van der Waals surface area contributed by atoms with Crippen LogP contribution in [0.15, 0.2) is 0 Å². The molecule has 1 aliphatic rings. The maximum Gasteiger partial charge on any atom is 0.363 e. The zero-order valence-electron chi connectivity index (χ0n) is 11.0. The third-order valence-electron chi connectivity index (χ3n) is 2.98. The molecule has 1 aliphatic heterocycles. The maximum atomic E-state index is 12.0. The van der Waals surface area contributed by atoms with Crippen LogP contribution in [-0.4, -0.2) is 68.4 Å². The third kappa shape index (κ3) is 4.12. The fraction of sp³-hybridized carbons (Fsp3) is 0.900. The number of likely N-dealkylation sites (tertiary alicyclic amines) is 1. The van der Waals surface area contributed by atoms with Gasteiger partial charge in [-0.1, -0.05) is 0 Å². The predicted molar refractivity (Wildman–Crippen MR) is 66.8 cm³/mol. The fourth-order valence-corrected chi connectivity index (χ4v) is 1.97. The van der Waals surface area contributed by atoms with Crippen molar-refractivity contribution in [2.45, 2.75) is 12.8 Å². The second kappa shape index (κ2) is 7.44. The monoisotopic (exact) mass is 244 g/mol. The molecule has 17 heavy (non-hydrogen) atoms. The molecule has 100 valence electrons. The topological polar surface area (TPSA) is 62.9 Å². The zero-order valence-corrected chi connectivity index (χ0v) is 11.0. The summed E-state index contributed by atoms with van der Waals surface area (Å²) in [6.07, 6.45) is 2.54. The fourth-order valence-electron chi connectivity index (χ4n) is 1.97. The number of hydrazine groups is 3. The highest BCUT2D eigenvalue weighted by Crippen LogP contribution is 2.06. The van der Waals surface area contributed by atoms with E-state index in [0.717, 1.165) is 19.6 Å². The van der Waals surface area contributed by atoms with Gasteiger partial charge in [0.05, 0.1) is 6.54 Å². The Morgan fingerprint density at radius 1 is 1.12 bits per heavy atom. The molecule has 0 aromatic carbocycles. The lowest BCUT2D eigenvalue weighted by Gasteiger charge is -2.29. The highest BCUT2D eigenvalue weighted by atomic mass is 16.2. The number of carbonyl (C=O) groups excluding carboxylic acids is 1. The molecular formula is C10H24N6O.